The summed E-state index contributed by atoms with van der Waals surface area (Å²) in [7, 11) is 1.61. The normalized spacial score (nSPS) is 15.6. The van der Waals surface area contributed by atoms with Crippen LogP contribution in [-0.4, -0.2) is 60.0 Å². The topological polar surface area (TPSA) is 180 Å². The number of carboxylic acids is 1. The number of aromatic amines is 1. The van der Waals surface area contributed by atoms with Crippen molar-refractivity contribution in [3.63, 3.8) is 0 Å². The molecule has 172 valence electrons. The number of anilines is 1. The van der Waals surface area contributed by atoms with Gasteiger partial charge in [0, 0.05) is 37.0 Å². The Labute approximate surface area is 190 Å². The minimum Gasteiger partial charge on any atom is -0.481 e. The van der Waals surface area contributed by atoms with Crippen molar-refractivity contribution >= 4 is 34.3 Å². The number of H-pyrrole nitrogens is 1. The maximum absolute atomic E-state index is 12.5. The van der Waals surface area contributed by atoms with Crippen LogP contribution in [0.3, 0.4) is 0 Å². The van der Waals surface area contributed by atoms with E-state index in [-0.39, 0.29) is 36.3 Å². The zero-order chi connectivity index (χ0) is 24.0. The minimum absolute atomic E-state index is 0.0656. The molecule has 0 spiro atoms. The molecule has 5 rings (SSSR count). The molecule has 1 aliphatic heterocycles. The van der Waals surface area contributed by atoms with E-state index in [2.05, 4.69) is 25.4 Å². The Morgan fingerprint density at radius 2 is 2.12 bits per heavy atom. The lowest BCUT2D eigenvalue weighted by molar-refractivity contribution is -0.384. The number of carboxylic acid groups (broad SMARTS) is 1. The number of non-ortho nitro benzene ring substituents is 1. The molecular weight excluding hydrogens is 446 g/mol. The molecule has 0 saturated carbocycles. The summed E-state index contributed by atoms with van der Waals surface area (Å²) in [5, 5.41) is 27.1. The second-order valence-electron chi connectivity index (χ2n) is 7.83. The van der Waals surface area contributed by atoms with E-state index < -0.39 is 16.9 Å². The number of carbonyl (C=O) groups excluding carboxylic acids is 1. The summed E-state index contributed by atoms with van der Waals surface area (Å²) in [6.45, 7) is 0.272. The standard InChI is InChI=1S/C21H17N7O6/c1-27-9-11-6-10(2-4-13(11)22-16(21(27)31)8-17(29)30)20-25-19(26-34-20)18-23-14-5-3-12(28(32)33)7-15(14)24-18/h2-7,16,22H,8-9H2,1H3,(H,23,24)(H,29,30). The second-order valence-corrected chi connectivity index (χ2v) is 7.83. The van der Waals surface area contributed by atoms with Crippen molar-refractivity contribution in [1.82, 2.24) is 25.0 Å². The van der Waals surface area contributed by atoms with Gasteiger partial charge in [-0.15, -0.1) is 0 Å². The number of hydrogen-bond acceptors (Lipinski definition) is 9. The lowest BCUT2D eigenvalue weighted by Gasteiger charge is -2.19. The Bertz CT molecular complexity index is 1460. The molecule has 13 heteroatoms. The number of benzene rings is 2. The summed E-state index contributed by atoms with van der Waals surface area (Å²) in [6.07, 6.45) is -0.335. The summed E-state index contributed by atoms with van der Waals surface area (Å²) in [4.78, 5) is 47.3. The third-order valence-electron chi connectivity index (χ3n) is 5.46. The molecule has 0 fully saturated rings. The molecule has 0 saturated heterocycles. The van der Waals surface area contributed by atoms with Crippen LogP contribution in [-0.2, 0) is 16.1 Å². The van der Waals surface area contributed by atoms with Gasteiger partial charge in [0.25, 0.3) is 11.6 Å². The highest BCUT2D eigenvalue weighted by atomic mass is 16.6. The summed E-state index contributed by atoms with van der Waals surface area (Å²) >= 11 is 0. The Balaban J connectivity index is 1.44. The molecule has 1 unspecified atom stereocenters. The predicted molar refractivity (Wildman–Crippen MR) is 118 cm³/mol. The zero-order valence-electron chi connectivity index (χ0n) is 17.7. The first kappa shape index (κ1) is 21.1. The van der Waals surface area contributed by atoms with Gasteiger partial charge in [-0.3, -0.25) is 19.7 Å². The molecule has 0 aliphatic carbocycles. The average Bonchev–Trinajstić information content (AvgIpc) is 3.43. The van der Waals surface area contributed by atoms with Crippen molar-refractivity contribution < 1.29 is 24.1 Å². The van der Waals surface area contributed by atoms with Crippen LogP contribution in [0.4, 0.5) is 11.4 Å². The van der Waals surface area contributed by atoms with E-state index >= 15 is 0 Å². The number of nitro benzene ring substituents is 1. The van der Waals surface area contributed by atoms with Crippen LogP contribution >= 0.6 is 0 Å². The van der Waals surface area contributed by atoms with Crippen molar-refractivity contribution in [2.45, 2.75) is 19.0 Å². The van der Waals surface area contributed by atoms with E-state index in [1.165, 1.54) is 23.1 Å². The summed E-state index contributed by atoms with van der Waals surface area (Å²) in [6, 6.07) is 8.64. The van der Waals surface area contributed by atoms with E-state index in [1.54, 1.807) is 25.2 Å². The van der Waals surface area contributed by atoms with Gasteiger partial charge in [0.1, 0.15) is 6.04 Å². The number of nitrogens with zero attached hydrogens (tertiary/aromatic N) is 5. The minimum atomic E-state index is -1.07. The maximum Gasteiger partial charge on any atom is 0.305 e. The Hall–Kier alpha value is -4.81. The number of nitro groups is 1. The summed E-state index contributed by atoms with van der Waals surface area (Å²) in [5.74, 6) is -0.702. The first-order chi connectivity index (χ1) is 16.3. The first-order valence-electron chi connectivity index (χ1n) is 10.1. The van der Waals surface area contributed by atoms with Gasteiger partial charge in [0.15, 0.2) is 5.82 Å². The Kier molecular flexibility index (Phi) is 4.93. The number of aromatic nitrogens is 4. The second kappa shape index (κ2) is 7.95. The van der Waals surface area contributed by atoms with Crippen LogP contribution in [0.15, 0.2) is 40.9 Å². The molecule has 1 aliphatic rings. The van der Waals surface area contributed by atoms with Gasteiger partial charge in [-0.2, -0.15) is 4.98 Å². The maximum atomic E-state index is 12.5. The lowest BCUT2D eigenvalue weighted by Crippen LogP contribution is -2.39. The van der Waals surface area contributed by atoms with E-state index in [1.807, 2.05) is 0 Å². The molecule has 3 N–H and O–H groups in total. The smallest absolute Gasteiger partial charge is 0.305 e. The first-order valence-corrected chi connectivity index (χ1v) is 10.1. The van der Waals surface area contributed by atoms with E-state index in [0.717, 1.165) is 5.56 Å². The molecule has 3 heterocycles. The molecule has 2 aromatic heterocycles. The highest BCUT2D eigenvalue weighted by molar-refractivity contribution is 5.90. The molecule has 1 atom stereocenters. The SMILES string of the molecule is CN1Cc2cc(-c3nc(-c4nc5ccc([N+](=O)[O-])cc5[nH]4)no3)ccc2NC(CC(=O)O)C1=O. The number of nitrogens with one attached hydrogen (secondary N) is 2. The van der Waals surface area contributed by atoms with E-state index in [9.17, 15) is 19.7 Å². The number of amides is 1. The largest absolute Gasteiger partial charge is 0.481 e. The van der Waals surface area contributed by atoms with Crippen LogP contribution in [0.2, 0.25) is 0 Å². The number of likely N-dealkylation sites (N-methyl/N-ethyl adjacent to an activating group) is 1. The fourth-order valence-corrected chi connectivity index (χ4v) is 3.81. The van der Waals surface area contributed by atoms with Gasteiger partial charge in [-0.1, -0.05) is 5.16 Å². The molecule has 0 bridgehead atoms. The average molecular weight is 463 g/mol. The lowest BCUT2D eigenvalue weighted by atomic mass is 10.1. The summed E-state index contributed by atoms with van der Waals surface area (Å²) in [5.41, 5.74) is 2.93. The Morgan fingerprint density at radius 1 is 1.29 bits per heavy atom. The van der Waals surface area contributed by atoms with Crippen LogP contribution < -0.4 is 5.32 Å². The van der Waals surface area contributed by atoms with E-state index in [0.29, 0.717) is 28.1 Å². The van der Waals surface area contributed by atoms with Crippen molar-refractivity contribution in [1.29, 1.82) is 0 Å². The van der Waals surface area contributed by atoms with Gasteiger partial charge in [-0.05, 0) is 29.8 Å². The fraction of sp³-hybridized carbons (Fsp3) is 0.190. The molecule has 0 radical (unpaired) electrons. The van der Waals surface area contributed by atoms with Crippen LogP contribution in [0.5, 0.6) is 0 Å². The molecular formula is C21H17N7O6. The quantitative estimate of drug-likeness (QED) is 0.294. The number of fused-ring (bicyclic) bond motifs is 2. The number of rotatable bonds is 5. The molecule has 4 aromatic rings. The van der Waals surface area contributed by atoms with Gasteiger partial charge >= 0.3 is 5.97 Å². The third kappa shape index (κ3) is 3.79. The number of imidazole rings is 1. The van der Waals surface area contributed by atoms with Crippen LogP contribution in [0, 0.1) is 10.1 Å². The van der Waals surface area contributed by atoms with E-state index in [4.69, 9.17) is 9.63 Å². The fourth-order valence-electron chi connectivity index (χ4n) is 3.81. The highest BCUT2D eigenvalue weighted by Gasteiger charge is 2.29. The monoisotopic (exact) mass is 463 g/mol. The molecule has 1 amide bonds. The highest BCUT2D eigenvalue weighted by Crippen LogP contribution is 2.30. The van der Waals surface area contributed by atoms with Crippen LogP contribution in [0.25, 0.3) is 34.1 Å². The van der Waals surface area contributed by atoms with Crippen molar-refractivity contribution in [2.24, 2.45) is 0 Å². The van der Waals surface area contributed by atoms with Gasteiger partial charge in [-0.25, -0.2) is 4.98 Å². The Morgan fingerprint density at radius 3 is 2.88 bits per heavy atom. The van der Waals surface area contributed by atoms with Crippen molar-refractivity contribution in [3.05, 3.63) is 52.1 Å². The van der Waals surface area contributed by atoms with Gasteiger partial charge in [0.05, 0.1) is 22.4 Å². The summed E-state index contributed by atoms with van der Waals surface area (Å²) < 4.78 is 5.40. The van der Waals surface area contributed by atoms with Crippen molar-refractivity contribution in [3.8, 4) is 23.1 Å². The van der Waals surface area contributed by atoms with Gasteiger partial charge < -0.3 is 24.8 Å². The van der Waals surface area contributed by atoms with Gasteiger partial charge in [0.2, 0.25) is 11.7 Å². The van der Waals surface area contributed by atoms with Crippen LogP contribution in [0.1, 0.15) is 12.0 Å². The molecule has 13 nitrogen and oxygen atoms in total. The number of hydrogen-bond donors (Lipinski definition) is 3. The predicted octanol–water partition coefficient (Wildman–Crippen LogP) is 2.42. The molecule has 2 aromatic carbocycles. The van der Waals surface area contributed by atoms with Crippen molar-refractivity contribution in [2.75, 3.05) is 12.4 Å². The zero-order valence-corrected chi connectivity index (χ0v) is 17.7. The number of carbonyl (C=O) groups is 2. The molecule has 34 heavy (non-hydrogen) atoms. The number of aliphatic carboxylic acids is 1. The third-order valence-corrected chi connectivity index (χ3v) is 5.46.